The summed E-state index contributed by atoms with van der Waals surface area (Å²) < 4.78 is 0. The number of benzene rings is 2. The van der Waals surface area contributed by atoms with Gasteiger partial charge in [-0.1, -0.05) is 42.5 Å². The van der Waals surface area contributed by atoms with Gasteiger partial charge in [-0.25, -0.2) is 0 Å². The lowest BCUT2D eigenvalue weighted by atomic mass is 10.1. The number of anilines is 2. The molecule has 6 nitrogen and oxygen atoms in total. The fourth-order valence-corrected chi connectivity index (χ4v) is 5.10. The summed E-state index contributed by atoms with van der Waals surface area (Å²) in [6.45, 7) is 4.64. The van der Waals surface area contributed by atoms with E-state index in [1.165, 1.54) is 11.3 Å². The lowest BCUT2D eigenvalue weighted by Crippen LogP contribution is -2.24. The molecular weight excluding hydrogens is 416 g/mol. The Balaban J connectivity index is 1.46. The third-order valence-electron chi connectivity index (χ3n) is 4.88. The van der Waals surface area contributed by atoms with Crippen LogP contribution in [0.3, 0.4) is 0 Å². The molecule has 0 aliphatic carbocycles. The Hall–Kier alpha value is -2.71. The Morgan fingerprint density at radius 3 is 2.87 bits per heavy atom. The maximum Gasteiger partial charge on any atom is 0.258 e. The average Bonchev–Trinajstić information content (AvgIpc) is 3.35. The van der Waals surface area contributed by atoms with Gasteiger partial charge in [0.2, 0.25) is 11.0 Å². The smallest absolute Gasteiger partial charge is 0.258 e. The number of aromatic nitrogens is 2. The Labute approximate surface area is 183 Å². The van der Waals surface area contributed by atoms with Crippen LogP contribution >= 0.6 is 23.1 Å². The van der Waals surface area contributed by atoms with E-state index in [1.807, 2.05) is 55.5 Å². The molecule has 0 spiro atoms. The molecule has 1 aliphatic rings. The van der Waals surface area contributed by atoms with Gasteiger partial charge in [0, 0.05) is 29.5 Å². The van der Waals surface area contributed by atoms with Gasteiger partial charge in [0.05, 0.1) is 5.56 Å². The maximum atomic E-state index is 12.7. The Bertz CT molecular complexity index is 1080. The molecule has 1 aromatic heterocycles. The fraction of sp³-hybridized carbons (Fsp3) is 0.273. The van der Waals surface area contributed by atoms with Gasteiger partial charge < -0.3 is 4.90 Å². The zero-order valence-corrected chi connectivity index (χ0v) is 18.4. The van der Waals surface area contributed by atoms with Crippen molar-refractivity contribution in [1.82, 2.24) is 10.2 Å². The first-order valence-electron chi connectivity index (χ1n) is 9.78. The van der Waals surface area contributed by atoms with E-state index >= 15 is 0 Å². The Kier molecular flexibility index (Phi) is 6.15. The predicted molar refractivity (Wildman–Crippen MR) is 122 cm³/mol. The number of carbonyl (C=O) groups is 2. The Morgan fingerprint density at radius 1 is 1.23 bits per heavy atom. The number of hydrogen-bond donors (Lipinski definition) is 1. The minimum Gasteiger partial charge on any atom is -0.312 e. The first kappa shape index (κ1) is 20.6. The second kappa shape index (κ2) is 8.97. The molecule has 0 radical (unpaired) electrons. The number of rotatable bonds is 6. The summed E-state index contributed by atoms with van der Waals surface area (Å²) in [7, 11) is 0. The third-order valence-corrected chi connectivity index (χ3v) is 6.84. The molecule has 1 saturated heterocycles. The van der Waals surface area contributed by atoms with Gasteiger partial charge in [0.1, 0.15) is 5.01 Å². The molecule has 0 bridgehead atoms. The summed E-state index contributed by atoms with van der Waals surface area (Å²) in [6.07, 6.45) is 0.395. The highest BCUT2D eigenvalue weighted by Gasteiger charge is 2.34. The molecule has 1 aliphatic heterocycles. The molecule has 0 saturated carbocycles. The average molecular weight is 439 g/mol. The topological polar surface area (TPSA) is 75.2 Å². The van der Waals surface area contributed by atoms with Crippen molar-refractivity contribution in [1.29, 1.82) is 0 Å². The number of nitrogens with zero attached hydrogens (tertiary/aromatic N) is 3. The standard InChI is InChI=1S/C22H22N4O2S2/c1-3-29-18-10-5-4-9-17(18)20(28)23-22-25-24-21(30-22)15-12-19(27)26(13-15)16-8-6-7-14(2)11-16/h4-11,15H,3,12-13H2,1-2H3,(H,23,25,28). The van der Waals surface area contributed by atoms with Crippen LogP contribution in [0.4, 0.5) is 10.8 Å². The van der Waals surface area contributed by atoms with E-state index in [0.29, 0.717) is 23.7 Å². The number of carbonyl (C=O) groups excluding carboxylic acids is 2. The largest absolute Gasteiger partial charge is 0.312 e. The van der Waals surface area contributed by atoms with Crippen molar-refractivity contribution < 1.29 is 9.59 Å². The van der Waals surface area contributed by atoms with E-state index in [9.17, 15) is 9.59 Å². The zero-order chi connectivity index (χ0) is 21.1. The fourth-order valence-electron chi connectivity index (χ4n) is 3.47. The van der Waals surface area contributed by atoms with Crippen molar-refractivity contribution in [2.45, 2.75) is 31.1 Å². The van der Waals surface area contributed by atoms with E-state index in [4.69, 9.17) is 0 Å². The quantitative estimate of drug-likeness (QED) is 0.563. The zero-order valence-electron chi connectivity index (χ0n) is 16.8. The van der Waals surface area contributed by atoms with Crippen LogP contribution < -0.4 is 10.2 Å². The van der Waals surface area contributed by atoms with Crippen LogP contribution in [0.15, 0.2) is 53.4 Å². The molecule has 2 amide bonds. The molecule has 1 fully saturated rings. The third kappa shape index (κ3) is 4.39. The highest BCUT2D eigenvalue weighted by Crippen LogP contribution is 2.34. The summed E-state index contributed by atoms with van der Waals surface area (Å²) in [5, 5.41) is 12.5. The van der Waals surface area contributed by atoms with E-state index in [1.54, 1.807) is 16.7 Å². The number of thioether (sulfide) groups is 1. The van der Waals surface area contributed by atoms with Crippen molar-refractivity contribution >= 4 is 45.7 Å². The number of amides is 2. The van der Waals surface area contributed by atoms with Crippen LogP contribution in [0, 0.1) is 6.92 Å². The van der Waals surface area contributed by atoms with E-state index < -0.39 is 0 Å². The van der Waals surface area contributed by atoms with Crippen molar-refractivity contribution in [3.8, 4) is 0 Å². The SMILES string of the molecule is CCSc1ccccc1C(=O)Nc1nnc(C2CC(=O)N(c3cccc(C)c3)C2)s1. The first-order chi connectivity index (χ1) is 14.5. The summed E-state index contributed by atoms with van der Waals surface area (Å²) in [5.41, 5.74) is 2.65. The first-order valence-corrected chi connectivity index (χ1v) is 11.6. The highest BCUT2D eigenvalue weighted by molar-refractivity contribution is 7.99. The second-order valence-corrected chi connectivity index (χ2v) is 9.39. The molecule has 154 valence electrons. The van der Waals surface area contributed by atoms with Crippen molar-refractivity contribution in [2.24, 2.45) is 0 Å². The predicted octanol–water partition coefficient (Wildman–Crippen LogP) is 4.73. The van der Waals surface area contributed by atoms with Gasteiger partial charge in [0.25, 0.3) is 5.91 Å². The minimum absolute atomic E-state index is 0.0240. The Morgan fingerprint density at radius 2 is 2.07 bits per heavy atom. The second-order valence-electron chi connectivity index (χ2n) is 7.07. The minimum atomic E-state index is -0.196. The molecule has 1 unspecified atom stereocenters. The van der Waals surface area contributed by atoms with E-state index in [2.05, 4.69) is 22.4 Å². The van der Waals surface area contributed by atoms with Gasteiger partial charge >= 0.3 is 0 Å². The molecule has 30 heavy (non-hydrogen) atoms. The molecule has 8 heteroatoms. The molecule has 2 aromatic carbocycles. The van der Waals surface area contributed by atoms with Crippen molar-refractivity contribution in [2.75, 3.05) is 22.5 Å². The van der Waals surface area contributed by atoms with Crippen LogP contribution in [0.2, 0.25) is 0 Å². The molecule has 1 atom stereocenters. The number of aryl methyl sites for hydroxylation is 1. The van der Waals surface area contributed by atoms with Crippen LogP contribution in [0.25, 0.3) is 0 Å². The molecule has 3 aromatic rings. The summed E-state index contributed by atoms with van der Waals surface area (Å²) >= 11 is 2.96. The van der Waals surface area contributed by atoms with Gasteiger partial charge in [0.15, 0.2) is 0 Å². The highest BCUT2D eigenvalue weighted by atomic mass is 32.2. The van der Waals surface area contributed by atoms with E-state index in [0.717, 1.165) is 26.9 Å². The monoisotopic (exact) mass is 438 g/mol. The normalized spacial score (nSPS) is 16.1. The van der Waals surface area contributed by atoms with Crippen LogP contribution in [-0.2, 0) is 4.79 Å². The van der Waals surface area contributed by atoms with E-state index in [-0.39, 0.29) is 17.7 Å². The summed E-state index contributed by atoms with van der Waals surface area (Å²) in [6, 6.07) is 15.5. The molecule has 4 rings (SSSR count). The van der Waals surface area contributed by atoms with Crippen LogP contribution in [0.5, 0.6) is 0 Å². The van der Waals surface area contributed by atoms with Gasteiger partial charge in [-0.2, -0.15) is 0 Å². The summed E-state index contributed by atoms with van der Waals surface area (Å²) in [4.78, 5) is 28.0. The lowest BCUT2D eigenvalue weighted by Gasteiger charge is -2.16. The van der Waals surface area contributed by atoms with Crippen LogP contribution in [0.1, 0.15) is 40.2 Å². The number of hydrogen-bond acceptors (Lipinski definition) is 6. The van der Waals surface area contributed by atoms with Gasteiger partial charge in [-0.05, 0) is 42.5 Å². The van der Waals surface area contributed by atoms with Gasteiger partial charge in [-0.15, -0.1) is 22.0 Å². The molecule has 2 heterocycles. The van der Waals surface area contributed by atoms with Crippen molar-refractivity contribution in [3.05, 3.63) is 64.7 Å². The maximum absolute atomic E-state index is 12.7. The number of nitrogens with one attached hydrogen (secondary N) is 1. The van der Waals surface area contributed by atoms with Gasteiger partial charge in [-0.3, -0.25) is 14.9 Å². The molecular formula is C22H22N4O2S2. The lowest BCUT2D eigenvalue weighted by molar-refractivity contribution is -0.117. The van der Waals surface area contributed by atoms with Crippen molar-refractivity contribution in [3.63, 3.8) is 0 Å². The summed E-state index contributed by atoms with van der Waals surface area (Å²) in [5.74, 6) is 0.750. The molecule has 1 N–H and O–H groups in total. The van der Waals surface area contributed by atoms with Crippen LogP contribution in [-0.4, -0.2) is 34.3 Å².